The van der Waals surface area contributed by atoms with Crippen molar-refractivity contribution in [3.63, 3.8) is 0 Å². The zero-order valence-electron chi connectivity index (χ0n) is 49.1. The van der Waals surface area contributed by atoms with Gasteiger partial charge in [0.25, 0.3) is 0 Å². The molecule has 0 aromatic rings. The molecule has 9 nitrogen and oxygen atoms in total. The van der Waals surface area contributed by atoms with Crippen LogP contribution >= 0.6 is 0 Å². The standard InChI is InChI=1S/C65H127NO8/c1-3-5-7-9-11-13-15-17-19-21-22-23-24-25-26-27-28-29-30-31-32-33-34-35-36-37-39-41-43-45-47-49-51-53-55-61(69)66-58(57-73-65-64(72)63(71)62(70)60(56-67)74-65)59(68)54-52-50-48-46-44-42-40-38-20-18-16-14-12-10-8-6-4-2/h52,54,58-60,62-65,67-68,70-72H,3-51,53,55-57H2,1-2H3,(H,66,69)/b54-52+/t58-,59+,60+,62-,63?,64?,65+/m0/s1. The molecule has 1 aliphatic heterocycles. The summed E-state index contributed by atoms with van der Waals surface area (Å²) in [6.45, 7) is 3.83. The van der Waals surface area contributed by atoms with Crippen molar-refractivity contribution in [1.29, 1.82) is 0 Å². The van der Waals surface area contributed by atoms with Crippen molar-refractivity contribution in [3.8, 4) is 0 Å². The first-order valence-corrected chi connectivity index (χ1v) is 32.9. The van der Waals surface area contributed by atoms with Crippen molar-refractivity contribution in [2.45, 2.75) is 384 Å². The molecular formula is C65H127NO8. The van der Waals surface area contributed by atoms with Gasteiger partial charge in [0.15, 0.2) is 6.29 Å². The lowest BCUT2D eigenvalue weighted by Gasteiger charge is -2.40. The lowest BCUT2D eigenvalue weighted by Crippen LogP contribution is -2.60. The zero-order valence-corrected chi connectivity index (χ0v) is 49.1. The second-order valence-electron chi connectivity index (χ2n) is 23.3. The SMILES string of the molecule is CCCCCCCCCCCCCCCCC/C=C/[C@@H](O)[C@H](CO[C@@H]1O[C@H](CO)[C@H](O)C(O)C1O)NC(=O)CCCCCCCCCCCCCCCCCCCCCCCCCCCCCCCCCCCC. The van der Waals surface area contributed by atoms with Crippen LogP contribution in [-0.2, 0) is 14.3 Å². The van der Waals surface area contributed by atoms with Gasteiger partial charge in [-0.1, -0.05) is 328 Å². The molecule has 0 aromatic carbocycles. The number of carbonyl (C=O) groups excluding carboxylic acids is 1. The highest BCUT2D eigenvalue weighted by atomic mass is 16.7. The summed E-state index contributed by atoms with van der Waals surface area (Å²) in [4.78, 5) is 13.1. The minimum Gasteiger partial charge on any atom is -0.394 e. The number of rotatable bonds is 58. The maximum atomic E-state index is 13.1. The van der Waals surface area contributed by atoms with E-state index in [0.717, 1.165) is 38.5 Å². The van der Waals surface area contributed by atoms with Gasteiger partial charge in [0.05, 0.1) is 25.4 Å². The van der Waals surface area contributed by atoms with Gasteiger partial charge in [0, 0.05) is 6.42 Å². The second-order valence-corrected chi connectivity index (χ2v) is 23.3. The van der Waals surface area contributed by atoms with Crippen molar-refractivity contribution in [2.75, 3.05) is 13.2 Å². The van der Waals surface area contributed by atoms with E-state index in [1.54, 1.807) is 6.08 Å². The molecular weight excluding hydrogens is 923 g/mol. The van der Waals surface area contributed by atoms with E-state index in [1.165, 1.54) is 283 Å². The molecule has 1 aliphatic rings. The molecule has 6 N–H and O–H groups in total. The van der Waals surface area contributed by atoms with Crippen LogP contribution in [0, 0.1) is 0 Å². The topological polar surface area (TPSA) is 149 Å². The van der Waals surface area contributed by atoms with E-state index in [-0.39, 0.29) is 12.5 Å². The van der Waals surface area contributed by atoms with E-state index in [1.807, 2.05) is 6.08 Å². The molecule has 0 saturated carbocycles. The number of hydrogen-bond donors (Lipinski definition) is 6. The van der Waals surface area contributed by atoms with Gasteiger partial charge in [-0.15, -0.1) is 0 Å². The molecule has 7 atom stereocenters. The maximum absolute atomic E-state index is 13.1. The summed E-state index contributed by atoms with van der Waals surface area (Å²) in [5.41, 5.74) is 0. The number of aliphatic hydroxyl groups excluding tert-OH is 5. The van der Waals surface area contributed by atoms with Crippen LogP contribution < -0.4 is 5.32 Å². The Labute approximate surface area is 458 Å². The molecule has 0 bridgehead atoms. The minimum atomic E-state index is -1.56. The fraction of sp³-hybridized carbons (Fsp3) is 0.954. The fourth-order valence-electron chi connectivity index (χ4n) is 10.9. The Morgan fingerprint density at radius 2 is 0.743 bits per heavy atom. The maximum Gasteiger partial charge on any atom is 0.220 e. The van der Waals surface area contributed by atoms with Gasteiger partial charge >= 0.3 is 0 Å². The van der Waals surface area contributed by atoms with Gasteiger partial charge in [-0.2, -0.15) is 0 Å². The summed E-state index contributed by atoms with van der Waals surface area (Å²) in [5, 5.41) is 54.6. The van der Waals surface area contributed by atoms with Crippen molar-refractivity contribution in [3.05, 3.63) is 12.2 Å². The van der Waals surface area contributed by atoms with Crippen molar-refractivity contribution in [2.24, 2.45) is 0 Å². The first-order valence-electron chi connectivity index (χ1n) is 32.9. The predicted octanol–water partition coefficient (Wildman–Crippen LogP) is 17.1. The number of ether oxygens (including phenoxy) is 2. The molecule has 1 fully saturated rings. The molecule has 9 heteroatoms. The quantitative estimate of drug-likeness (QED) is 0.0261. The first kappa shape index (κ1) is 70.9. The average Bonchev–Trinajstić information content (AvgIpc) is 3.40. The number of unbranched alkanes of at least 4 members (excludes halogenated alkanes) is 48. The number of amides is 1. The van der Waals surface area contributed by atoms with E-state index in [9.17, 15) is 30.3 Å². The number of carbonyl (C=O) groups is 1. The van der Waals surface area contributed by atoms with E-state index in [0.29, 0.717) is 6.42 Å². The third kappa shape index (κ3) is 43.9. The van der Waals surface area contributed by atoms with Crippen LogP contribution in [0.5, 0.6) is 0 Å². The molecule has 1 heterocycles. The third-order valence-corrected chi connectivity index (χ3v) is 16.1. The van der Waals surface area contributed by atoms with Crippen LogP contribution in [0.25, 0.3) is 0 Å². The number of allylic oxidation sites excluding steroid dienone is 1. The summed E-state index contributed by atoms with van der Waals surface area (Å²) in [5.74, 6) is -0.168. The molecule has 2 unspecified atom stereocenters. The highest BCUT2D eigenvalue weighted by Crippen LogP contribution is 2.23. The van der Waals surface area contributed by atoms with E-state index in [2.05, 4.69) is 19.2 Å². The normalized spacial score (nSPS) is 18.9. The molecule has 440 valence electrons. The zero-order chi connectivity index (χ0) is 53.6. The Morgan fingerprint density at radius 1 is 0.446 bits per heavy atom. The summed E-state index contributed by atoms with van der Waals surface area (Å²) in [6.07, 6.45) is 63.2. The highest BCUT2D eigenvalue weighted by molar-refractivity contribution is 5.76. The predicted molar refractivity (Wildman–Crippen MR) is 314 cm³/mol. The van der Waals surface area contributed by atoms with Gasteiger partial charge < -0.3 is 40.3 Å². The number of hydrogen-bond acceptors (Lipinski definition) is 8. The Balaban J connectivity index is 2.08. The van der Waals surface area contributed by atoms with Gasteiger partial charge in [0.2, 0.25) is 5.91 Å². The monoisotopic (exact) mass is 1050 g/mol. The molecule has 1 rings (SSSR count). The first-order chi connectivity index (χ1) is 36.3. The van der Waals surface area contributed by atoms with Crippen LogP contribution in [0.4, 0.5) is 0 Å². The minimum absolute atomic E-state index is 0.168. The molecule has 0 aromatic heterocycles. The van der Waals surface area contributed by atoms with E-state index in [4.69, 9.17) is 9.47 Å². The molecule has 74 heavy (non-hydrogen) atoms. The van der Waals surface area contributed by atoms with Crippen molar-refractivity contribution in [1.82, 2.24) is 5.32 Å². The lowest BCUT2D eigenvalue weighted by molar-refractivity contribution is -0.302. The van der Waals surface area contributed by atoms with E-state index >= 15 is 0 Å². The third-order valence-electron chi connectivity index (χ3n) is 16.1. The average molecular weight is 1050 g/mol. The number of nitrogens with one attached hydrogen (secondary N) is 1. The Hall–Kier alpha value is -1.07. The van der Waals surface area contributed by atoms with Gasteiger partial charge in [0.1, 0.15) is 24.4 Å². The highest BCUT2D eigenvalue weighted by Gasteiger charge is 2.44. The van der Waals surface area contributed by atoms with Crippen LogP contribution in [0.1, 0.15) is 341 Å². The summed E-state index contributed by atoms with van der Waals surface area (Å²) < 4.78 is 11.3. The van der Waals surface area contributed by atoms with Gasteiger partial charge in [-0.25, -0.2) is 0 Å². The van der Waals surface area contributed by atoms with Crippen molar-refractivity contribution < 1.29 is 39.8 Å². The summed E-state index contributed by atoms with van der Waals surface area (Å²) >= 11 is 0. The molecule has 0 aliphatic carbocycles. The van der Waals surface area contributed by atoms with Crippen molar-refractivity contribution >= 4 is 5.91 Å². The van der Waals surface area contributed by atoms with Gasteiger partial charge in [-0.05, 0) is 19.3 Å². The second kappa shape index (κ2) is 55.3. The smallest absolute Gasteiger partial charge is 0.220 e. The summed E-state index contributed by atoms with van der Waals surface area (Å²) in [7, 11) is 0. The Bertz CT molecular complexity index is 1170. The summed E-state index contributed by atoms with van der Waals surface area (Å²) in [6, 6.07) is -0.801. The van der Waals surface area contributed by atoms with E-state index < -0.39 is 49.5 Å². The van der Waals surface area contributed by atoms with Gasteiger partial charge in [-0.3, -0.25) is 4.79 Å². The Morgan fingerprint density at radius 3 is 1.05 bits per heavy atom. The fourth-order valence-corrected chi connectivity index (χ4v) is 10.9. The molecule has 0 spiro atoms. The van der Waals surface area contributed by atoms with Crippen LogP contribution in [0.2, 0.25) is 0 Å². The molecule has 1 amide bonds. The lowest BCUT2D eigenvalue weighted by atomic mass is 9.99. The largest absolute Gasteiger partial charge is 0.394 e. The Kier molecular flexibility index (Phi) is 53.0. The van der Waals surface area contributed by atoms with Crippen LogP contribution in [-0.4, -0.2) is 87.5 Å². The van der Waals surface area contributed by atoms with Crippen LogP contribution in [0.3, 0.4) is 0 Å². The number of aliphatic hydroxyl groups is 5. The molecule has 0 radical (unpaired) electrons. The van der Waals surface area contributed by atoms with Crippen LogP contribution in [0.15, 0.2) is 12.2 Å². The molecule has 1 saturated heterocycles.